The van der Waals surface area contributed by atoms with E-state index in [0.29, 0.717) is 0 Å². The van der Waals surface area contributed by atoms with E-state index in [0.717, 1.165) is 34.7 Å². The first-order valence-corrected chi connectivity index (χ1v) is 5.46. The van der Waals surface area contributed by atoms with Gasteiger partial charge in [-0.15, -0.1) is 0 Å². The largest absolute Gasteiger partial charge is 0.497 e. The molecule has 1 aromatic heterocycles. The van der Waals surface area contributed by atoms with E-state index in [9.17, 15) is 4.79 Å². The van der Waals surface area contributed by atoms with Crippen LogP contribution in [0.4, 0.5) is 0 Å². The average molecular weight is 229 g/mol. The van der Waals surface area contributed by atoms with Crippen molar-refractivity contribution < 1.29 is 9.53 Å². The number of aryl methyl sites for hydroxylation is 1. The van der Waals surface area contributed by atoms with Crippen LogP contribution in [0, 0.1) is 13.8 Å². The van der Waals surface area contributed by atoms with Crippen molar-refractivity contribution in [3.8, 4) is 11.4 Å². The molecule has 0 radical (unpaired) electrons. The first kappa shape index (κ1) is 11.5. The van der Waals surface area contributed by atoms with Crippen LogP contribution in [0.15, 0.2) is 30.3 Å². The Kier molecular flexibility index (Phi) is 3.00. The van der Waals surface area contributed by atoms with Gasteiger partial charge in [-0.1, -0.05) is 6.07 Å². The van der Waals surface area contributed by atoms with Gasteiger partial charge in [-0.2, -0.15) is 0 Å². The summed E-state index contributed by atoms with van der Waals surface area (Å²) in [6, 6.07) is 9.68. The van der Waals surface area contributed by atoms with E-state index in [1.807, 2.05) is 48.7 Å². The quantitative estimate of drug-likeness (QED) is 0.758. The topological polar surface area (TPSA) is 31.2 Å². The molecule has 0 fully saturated rings. The molecule has 0 unspecified atom stereocenters. The third-order valence-corrected chi connectivity index (χ3v) is 2.91. The summed E-state index contributed by atoms with van der Waals surface area (Å²) in [4.78, 5) is 10.9. The fourth-order valence-corrected chi connectivity index (χ4v) is 2.05. The Hall–Kier alpha value is -2.03. The molecule has 0 amide bonds. The first-order chi connectivity index (χ1) is 8.17. The van der Waals surface area contributed by atoms with Gasteiger partial charge in [0.1, 0.15) is 5.75 Å². The lowest BCUT2D eigenvalue weighted by atomic mass is 10.2. The standard InChI is InChI=1S/C14H15NO2/c1-10-7-12(9-16)11(2)15(10)13-5-4-6-14(8-13)17-3/h4-9H,1-3H3. The molecule has 0 saturated heterocycles. The maximum absolute atomic E-state index is 10.9. The van der Waals surface area contributed by atoms with Crippen molar-refractivity contribution in [2.45, 2.75) is 13.8 Å². The van der Waals surface area contributed by atoms with Crippen LogP contribution < -0.4 is 4.74 Å². The molecule has 3 heteroatoms. The molecule has 0 aliphatic rings. The van der Waals surface area contributed by atoms with Gasteiger partial charge in [0, 0.05) is 28.7 Å². The molecule has 1 aromatic carbocycles. The highest BCUT2D eigenvalue weighted by molar-refractivity contribution is 5.77. The second-order valence-electron chi connectivity index (χ2n) is 3.98. The number of aromatic nitrogens is 1. The molecule has 2 rings (SSSR count). The Morgan fingerprint density at radius 1 is 1.24 bits per heavy atom. The summed E-state index contributed by atoms with van der Waals surface area (Å²) in [7, 11) is 1.64. The van der Waals surface area contributed by atoms with E-state index >= 15 is 0 Å². The number of carbonyl (C=O) groups excluding carboxylic acids is 1. The summed E-state index contributed by atoms with van der Waals surface area (Å²) in [5.74, 6) is 0.808. The zero-order chi connectivity index (χ0) is 12.4. The van der Waals surface area contributed by atoms with Crippen LogP contribution in [-0.2, 0) is 0 Å². The Morgan fingerprint density at radius 3 is 2.59 bits per heavy atom. The highest BCUT2D eigenvalue weighted by Gasteiger charge is 2.10. The molecule has 0 saturated carbocycles. The van der Waals surface area contributed by atoms with Crippen LogP contribution in [0.2, 0.25) is 0 Å². The summed E-state index contributed by atoms with van der Waals surface area (Å²) in [5, 5.41) is 0. The number of benzene rings is 1. The SMILES string of the molecule is COc1cccc(-n2c(C)cc(C=O)c2C)c1. The van der Waals surface area contributed by atoms with Crippen molar-refractivity contribution in [2.75, 3.05) is 7.11 Å². The minimum absolute atomic E-state index is 0.727. The molecule has 2 aromatic rings. The smallest absolute Gasteiger partial charge is 0.151 e. The second kappa shape index (κ2) is 4.45. The van der Waals surface area contributed by atoms with E-state index in [1.54, 1.807) is 7.11 Å². The lowest BCUT2D eigenvalue weighted by molar-refractivity contribution is 0.112. The fraction of sp³-hybridized carbons (Fsp3) is 0.214. The van der Waals surface area contributed by atoms with Crippen molar-refractivity contribution in [3.63, 3.8) is 0 Å². The number of carbonyl (C=O) groups is 1. The Morgan fingerprint density at radius 2 is 2.00 bits per heavy atom. The summed E-state index contributed by atoms with van der Waals surface area (Å²) in [5.41, 5.74) is 3.72. The number of aldehydes is 1. The highest BCUT2D eigenvalue weighted by Crippen LogP contribution is 2.22. The van der Waals surface area contributed by atoms with Gasteiger partial charge in [-0.05, 0) is 32.0 Å². The van der Waals surface area contributed by atoms with E-state index in [4.69, 9.17) is 4.74 Å². The third kappa shape index (κ3) is 1.96. The molecule has 0 N–H and O–H groups in total. The lowest BCUT2D eigenvalue weighted by Crippen LogP contribution is -1.99. The number of nitrogens with zero attached hydrogens (tertiary/aromatic N) is 1. The molecule has 17 heavy (non-hydrogen) atoms. The number of methoxy groups -OCH3 is 1. The average Bonchev–Trinajstić information content (AvgIpc) is 2.64. The molecule has 0 atom stereocenters. The van der Waals surface area contributed by atoms with Crippen molar-refractivity contribution in [1.82, 2.24) is 4.57 Å². The van der Waals surface area contributed by atoms with Crippen molar-refractivity contribution in [2.24, 2.45) is 0 Å². The van der Waals surface area contributed by atoms with Crippen molar-refractivity contribution in [3.05, 3.63) is 47.3 Å². The van der Waals surface area contributed by atoms with Crippen LogP contribution in [0.3, 0.4) is 0 Å². The van der Waals surface area contributed by atoms with Gasteiger partial charge in [0.05, 0.1) is 7.11 Å². The molecule has 3 nitrogen and oxygen atoms in total. The Balaban J connectivity index is 2.59. The lowest BCUT2D eigenvalue weighted by Gasteiger charge is -2.10. The normalized spacial score (nSPS) is 10.3. The summed E-state index contributed by atoms with van der Waals surface area (Å²) < 4.78 is 7.25. The molecule has 0 aliphatic heterocycles. The first-order valence-electron chi connectivity index (χ1n) is 5.46. The van der Waals surface area contributed by atoms with Crippen LogP contribution in [0.25, 0.3) is 5.69 Å². The van der Waals surface area contributed by atoms with Crippen molar-refractivity contribution >= 4 is 6.29 Å². The summed E-state index contributed by atoms with van der Waals surface area (Å²) in [6.45, 7) is 3.93. The van der Waals surface area contributed by atoms with Gasteiger partial charge in [-0.25, -0.2) is 0 Å². The molecule has 88 valence electrons. The Bertz CT molecular complexity index is 555. The van der Waals surface area contributed by atoms with Gasteiger partial charge in [0.15, 0.2) is 6.29 Å². The number of hydrogen-bond acceptors (Lipinski definition) is 2. The van der Waals surface area contributed by atoms with E-state index in [1.165, 1.54) is 0 Å². The third-order valence-electron chi connectivity index (χ3n) is 2.91. The fourth-order valence-electron chi connectivity index (χ4n) is 2.05. The predicted octanol–water partition coefficient (Wildman–Crippen LogP) is 2.92. The zero-order valence-corrected chi connectivity index (χ0v) is 10.2. The molecule has 1 heterocycles. The number of ether oxygens (including phenoxy) is 1. The second-order valence-corrected chi connectivity index (χ2v) is 3.98. The minimum Gasteiger partial charge on any atom is -0.497 e. The van der Waals surface area contributed by atoms with Gasteiger partial charge in [0.25, 0.3) is 0 Å². The molecule has 0 aliphatic carbocycles. The van der Waals surface area contributed by atoms with Gasteiger partial charge < -0.3 is 9.30 Å². The van der Waals surface area contributed by atoms with E-state index < -0.39 is 0 Å². The van der Waals surface area contributed by atoms with Crippen LogP contribution in [-0.4, -0.2) is 18.0 Å². The maximum atomic E-state index is 10.9. The maximum Gasteiger partial charge on any atom is 0.151 e. The van der Waals surface area contributed by atoms with Crippen LogP contribution in [0.1, 0.15) is 21.7 Å². The Labute approximate surface area is 101 Å². The highest BCUT2D eigenvalue weighted by atomic mass is 16.5. The molecule has 0 spiro atoms. The summed E-state index contributed by atoms with van der Waals surface area (Å²) in [6.07, 6.45) is 0.888. The predicted molar refractivity (Wildman–Crippen MR) is 67.2 cm³/mol. The van der Waals surface area contributed by atoms with E-state index in [-0.39, 0.29) is 0 Å². The van der Waals surface area contributed by atoms with Gasteiger partial charge in [0.2, 0.25) is 0 Å². The number of hydrogen-bond donors (Lipinski definition) is 0. The van der Waals surface area contributed by atoms with E-state index in [2.05, 4.69) is 0 Å². The van der Waals surface area contributed by atoms with Crippen molar-refractivity contribution in [1.29, 1.82) is 0 Å². The molecular weight excluding hydrogens is 214 g/mol. The summed E-state index contributed by atoms with van der Waals surface area (Å²) >= 11 is 0. The van der Waals surface area contributed by atoms with Crippen LogP contribution >= 0.6 is 0 Å². The minimum atomic E-state index is 0.727. The van der Waals surface area contributed by atoms with Gasteiger partial charge in [-0.3, -0.25) is 4.79 Å². The van der Waals surface area contributed by atoms with Gasteiger partial charge >= 0.3 is 0 Å². The van der Waals surface area contributed by atoms with Crippen LogP contribution in [0.5, 0.6) is 5.75 Å². The zero-order valence-electron chi connectivity index (χ0n) is 10.2. The number of rotatable bonds is 3. The molecular formula is C14H15NO2. The monoisotopic (exact) mass is 229 g/mol. The molecule has 0 bridgehead atoms.